The highest BCUT2D eigenvalue weighted by Gasteiger charge is 2.07. The van der Waals surface area contributed by atoms with Crippen molar-refractivity contribution in [2.45, 2.75) is 39.2 Å². The minimum Gasteiger partial charge on any atom is -0.382 e. The van der Waals surface area contributed by atoms with Crippen LogP contribution in [0.15, 0.2) is 48.7 Å². The average molecular weight is 278 g/mol. The SMILES string of the molecule is CCCCC(C)Nc1ccnc2cc3ccccc3cc12. The molecule has 0 aliphatic rings. The molecule has 108 valence electrons. The lowest BCUT2D eigenvalue weighted by molar-refractivity contribution is 0.645. The van der Waals surface area contributed by atoms with E-state index in [1.165, 1.54) is 41.1 Å². The highest BCUT2D eigenvalue weighted by molar-refractivity contribution is 6.01. The Hall–Kier alpha value is -2.09. The van der Waals surface area contributed by atoms with Crippen molar-refractivity contribution < 1.29 is 0 Å². The van der Waals surface area contributed by atoms with Crippen LogP contribution in [-0.4, -0.2) is 11.0 Å². The van der Waals surface area contributed by atoms with Crippen molar-refractivity contribution in [3.63, 3.8) is 0 Å². The van der Waals surface area contributed by atoms with E-state index in [-0.39, 0.29) is 0 Å². The summed E-state index contributed by atoms with van der Waals surface area (Å²) in [5.74, 6) is 0. The van der Waals surface area contributed by atoms with Crippen molar-refractivity contribution in [1.29, 1.82) is 0 Å². The van der Waals surface area contributed by atoms with Gasteiger partial charge >= 0.3 is 0 Å². The molecule has 0 aliphatic carbocycles. The molecule has 0 saturated heterocycles. The maximum absolute atomic E-state index is 4.52. The Morgan fingerprint density at radius 3 is 2.62 bits per heavy atom. The van der Waals surface area contributed by atoms with Crippen LogP contribution < -0.4 is 5.32 Å². The van der Waals surface area contributed by atoms with Gasteiger partial charge in [-0.25, -0.2) is 0 Å². The lowest BCUT2D eigenvalue weighted by atomic mass is 10.1. The maximum Gasteiger partial charge on any atom is 0.0729 e. The van der Waals surface area contributed by atoms with E-state index in [0.717, 1.165) is 5.52 Å². The van der Waals surface area contributed by atoms with E-state index in [2.05, 4.69) is 66.6 Å². The molecule has 2 aromatic carbocycles. The number of pyridine rings is 1. The highest BCUT2D eigenvalue weighted by Crippen LogP contribution is 2.27. The normalized spacial score (nSPS) is 12.7. The molecule has 1 atom stereocenters. The summed E-state index contributed by atoms with van der Waals surface area (Å²) in [5.41, 5.74) is 2.25. The first-order valence-electron chi connectivity index (χ1n) is 7.82. The van der Waals surface area contributed by atoms with Crippen molar-refractivity contribution in [1.82, 2.24) is 4.98 Å². The zero-order valence-corrected chi connectivity index (χ0v) is 12.8. The Kier molecular flexibility index (Phi) is 4.05. The molecule has 2 nitrogen and oxygen atoms in total. The Labute approximate surface area is 126 Å². The third-order valence-electron chi connectivity index (χ3n) is 4.00. The number of hydrogen-bond donors (Lipinski definition) is 1. The number of hydrogen-bond acceptors (Lipinski definition) is 2. The first kappa shape index (κ1) is 13.9. The summed E-state index contributed by atoms with van der Waals surface area (Å²) < 4.78 is 0. The van der Waals surface area contributed by atoms with Crippen LogP contribution in [0, 0.1) is 0 Å². The summed E-state index contributed by atoms with van der Waals surface area (Å²) >= 11 is 0. The number of benzene rings is 2. The van der Waals surface area contributed by atoms with Crippen LogP contribution in [0.2, 0.25) is 0 Å². The van der Waals surface area contributed by atoms with Gasteiger partial charge in [-0.05, 0) is 42.3 Å². The molecular weight excluding hydrogens is 256 g/mol. The second-order valence-corrected chi connectivity index (χ2v) is 5.76. The fourth-order valence-corrected chi connectivity index (χ4v) is 2.81. The molecule has 1 heterocycles. The number of rotatable bonds is 5. The summed E-state index contributed by atoms with van der Waals surface area (Å²) in [7, 11) is 0. The van der Waals surface area contributed by atoms with Gasteiger partial charge in [0.15, 0.2) is 0 Å². The van der Waals surface area contributed by atoms with Crippen LogP contribution in [-0.2, 0) is 0 Å². The van der Waals surface area contributed by atoms with Gasteiger partial charge in [0.05, 0.1) is 5.52 Å². The summed E-state index contributed by atoms with van der Waals surface area (Å²) in [6, 6.07) is 15.4. The van der Waals surface area contributed by atoms with Crippen molar-refractivity contribution >= 4 is 27.4 Å². The quantitative estimate of drug-likeness (QED) is 0.634. The fourth-order valence-electron chi connectivity index (χ4n) is 2.81. The average Bonchev–Trinajstić information content (AvgIpc) is 2.51. The molecule has 3 rings (SSSR count). The topological polar surface area (TPSA) is 24.9 Å². The molecular formula is C19H22N2. The van der Waals surface area contributed by atoms with Gasteiger partial charge in [-0.3, -0.25) is 4.98 Å². The summed E-state index contributed by atoms with van der Waals surface area (Å²) in [4.78, 5) is 4.52. The van der Waals surface area contributed by atoms with Crippen LogP contribution >= 0.6 is 0 Å². The van der Waals surface area contributed by atoms with Gasteiger partial charge < -0.3 is 5.32 Å². The summed E-state index contributed by atoms with van der Waals surface area (Å²) in [6.45, 7) is 4.49. The van der Waals surface area contributed by atoms with Gasteiger partial charge in [0.25, 0.3) is 0 Å². The predicted molar refractivity (Wildman–Crippen MR) is 91.9 cm³/mol. The van der Waals surface area contributed by atoms with E-state index in [1.807, 2.05) is 6.20 Å². The van der Waals surface area contributed by atoms with E-state index < -0.39 is 0 Å². The Bertz CT molecular complexity index is 749. The molecule has 0 amide bonds. The number of nitrogens with one attached hydrogen (secondary N) is 1. The van der Waals surface area contributed by atoms with Gasteiger partial charge in [-0.2, -0.15) is 0 Å². The zero-order valence-electron chi connectivity index (χ0n) is 12.8. The fraction of sp³-hybridized carbons (Fsp3) is 0.316. The van der Waals surface area contributed by atoms with Crippen LogP contribution in [0.1, 0.15) is 33.1 Å². The maximum atomic E-state index is 4.52. The molecule has 1 N–H and O–H groups in total. The molecule has 1 aromatic heterocycles. The Morgan fingerprint density at radius 1 is 1.10 bits per heavy atom. The molecule has 2 heteroatoms. The van der Waals surface area contributed by atoms with Crippen LogP contribution in [0.5, 0.6) is 0 Å². The van der Waals surface area contributed by atoms with Crippen LogP contribution in [0.4, 0.5) is 5.69 Å². The van der Waals surface area contributed by atoms with Gasteiger partial charge in [0.2, 0.25) is 0 Å². The van der Waals surface area contributed by atoms with Crippen molar-refractivity contribution in [2.75, 3.05) is 5.32 Å². The lowest BCUT2D eigenvalue weighted by Gasteiger charge is -2.16. The van der Waals surface area contributed by atoms with E-state index in [1.54, 1.807) is 0 Å². The molecule has 0 bridgehead atoms. The molecule has 0 spiro atoms. The van der Waals surface area contributed by atoms with Crippen molar-refractivity contribution in [3.05, 3.63) is 48.7 Å². The molecule has 0 fully saturated rings. The predicted octanol–water partition coefficient (Wildman–Crippen LogP) is 5.38. The number of nitrogens with zero attached hydrogens (tertiary/aromatic N) is 1. The van der Waals surface area contributed by atoms with E-state index in [4.69, 9.17) is 0 Å². The first-order chi connectivity index (χ1) is 10.3. The van der Waals surface area contributed by atoms with Gasteiger partial charge in [-0.1, -0.05) is 44.0 Å². The smallest absolute Gasteiger partial charge is 0.0729 e. The molecule has 1 unspecified atom stereocenters. The number of anilines is 1. The van der Waals surface area contributed by atoms with Crippen molar-refractivity contribution in [3.8, 4) is 0 Å². The van der Waals surface area contributed by atoms with Gasteiger partial charge in [0.1, 0.15) is 0 Å². The van der Waals surface area contributed by atoms with E-state index >= 15 is 0 Å². The van der Waals surface area contributed by atoms with Crippen LogP contribution in [0.3, 0.4) is 0 Å². The van der Waals surface area contributed by atoms with Gasteiger partial charge in [-0.15, -0.1) is 0 Å². The minimum absolute atomic E-state index is 0.488. The van der Waals surface area contributed by atoms with Crippen molar-refractivity contribution in [2.24, 2.45) is 0 Å². The summed E-state index contributed by atoms with van der Waals surface area (Å²) in [5, 5.41) is 7.36. The number of unbranched alkanes of at least 4 members (excludes halogenated alkanes) is 1. The summed E-state index contributed by atoms with van der Waals surface area (Å²) in [6.07, 6.45) is 5.60. The monoisotopic (exact) mass is 278 g/mol. The standard InChI is InChI=1S/C19H22N2/c1-3-4-7-14(2)21-18-10-11-20-19-13-16-9-6-5-8-15(16)12-17(18)19/h5-6,8-14H,3-4,7H2,1-2H3,(H,20,21). The molecule has 0 radical (unpaired) electrons. The molecule has 0 aliphatic heterocycles. The Balaban J connectivity index is 2.00. The van der Waals surface area contributed by atoms with Crippen LogP contribution in [0.25, 0.3) is 21.7 Å². The highest BCUT2D eigenvalue weighted by atomic mass is 14.9. The van der Waals surface area contributed by atoms with E-state index in [9.17, 15) is 0 Å². The third-order valence-corrected chi connectivity index (χ3v) is 4.00. The molecule has 0 saturated carbocycles. The van der Waals surface area contributed by atoms with Gasteiger partial charge in [0, 0.05) is 23.3 Å². The third kappa shape index (κ3) is 2.99. The Morgan fingerprint density at radius 2 is 1.86 bits per heavy atom. The number of aromatic nitrogens is 1. The molecule has 3 aromatic rings. The number of fused-ring (bicyclic) bond motifs is 2. The molecule has 21 heavy (non-hydrogen) atoms. The largest absolute Gasteiger partial charge is 0.382 e. The van der Waals surface area contributed by atoms with E-state index in [0.29, 0.717) is 6.04 Å². The second-order valence-electron chi connectivity index (χ2n) is 5.76. The zero-order chi connectivity index (χ0) is 14.7. The second kappa shape index (κ2) is 6.13. The first-order valence-corrected chi connectivity index (χ1v) is 7.82. The minimum atomic E-state index is 0.488. The lowest BCUT2D eigenvalue weighted by Crippen LogP contribution is -2.15.